The predicted molar refractivity (Wildman–Crippen MR) is 86.2 cm³/mol. The van der Waals surface area contributed by atoms with Gasteiger partial charge in [-0.25, -0.2) is 0 Å². The Morgan fingerprint density at radius 3 is 2.19 bits per heavy atom. The Morgan fingerprint density at radius 2 is 1.52 bits per heavy atom. The van der Waals surface area contributed by atoms with Crippen LogP contribution in [0.3, 0.4) is 0 Å². The number of benzene rings is 2. The number of halogens is 3. The molecule has 0 aliphatic carbocycles. The van der Waals surface area contributed by atoms with Gasteiger partial charge in [0.05, 0.1) is 18.6 Å². The van der Waals surface area contributed by atoms with Crippen molar-refractivity contribution in [2.24, 2.45) is 0 Å². The molecular formula is C16H13Cl3O2. The van der Waals surface area contributed by atoms with E-state index in [1.165, 1.54) is 0 Å². The summed E-state index contributed by atoms with van der Waals surface area (Å²) in [7, 11) is 0. The highest BCUT2D eigenvalue weighted by Gasteiger charge is 2.20. The Hall–Kier alpha value is -1.09. The number of hydrogen-bond donors (Lipinski definition) is 0. The quantitative estimate of drug-likeness (QED) is 0.672. The van der Waals surface area contributed by atoms with E-state index >= 15 is 0 Å². The lowest BCUT2D eigenvalue weighted by Gasteiger charge is -2.16. The summed E-state index contributed by atoms with van der Waals surface area (Å²) in [4.78, 5) is 0. The average molecular weight is 344 g/mol. The third-order valence-electron chi connectivity index (χ3n) is 3.30. The topological polar surface area (TPSA) is 18.5 Å². The first kappa shape index (κ1) is 14.8. The molecule has 0 spiro atoms. The van der Waals surface area contributed by atoms with Crippen molar-refractivity contribution in [2.75, 3.05) is 13.2 Å². The van der Waals surface area contributed by atoms with Crippen LogP contribution < -0.4 is 9.47 Å². The minimum atomic E-state index is -0.369. The number of hydrogen-bond acceptors (Lipinski definition) is 2. The van der Waals surface area contributed by atoms with Gasteiger partial charge in [-0.1, -0.05) is 35.3 Å². The summed E-state index contributed by atoms with van der Waals surface area (Å²) in [6, 6.07) is 11.0. The van der Waals surface area contributed by atoms with Gasteiger partial charge in [-0.2, -0.15) is 0 Å². The molecule has 21 heavy (non-hydrogen) atoms. The summed E-state index contributed by atoms with van der Waals surface area (Å²) in [5, 5.41) is 0.869. The van der Waals surface area contributed by atoms with E-state index in [-0.39, 0.29) is 5.38 Å². The number of fused-ring (bicyclic) bond motifs is 1. The molecule has 0 bridgehead atoms. The normalized spacial score (nSPS) is 15.4. The van der Waals surface area contributed by atoms with Gasteiger partial charge >= 0.3 is 0 Å². The molecule has 2 nitrogen and oxygen atoms in total. The standard InChI is InChI=1S/C16H13Cl3O2/c17-11-4-2-10(3-5-11)16(19)12-8-14-15(9-13(12)18)21-7-1-6-20-14/h2-5,8-9,16H,1,6-7H2. The van der Waals surface area contributed by atoms with Crippen LogP contribution in [0.25, 0.3) is 0 Å². The van der Waals surface area contributed by atoms with Crippen LogP contribution in [-0.2, 0) is 0 Å². The Kier molecular flexibility index (Phi) is 4.48. The monoisotopic (exact) mass is 342 g/mol. The van der Waals surface area contributed by atoms with Crippen LogP contribution in [0.5, 0.6) is 11.5 Å². The van der Waals surface area contributed by atoms with Gasteiger partial charge in [0.2, 0.25) is 0 Å². The molecule has 1 aliphatic heterocycles. The first-order chi connectivity index (χ1) is 10.1. The maximum absolute atomic E-state index is 6.55. The molecule has 0 saturated carbocycles. The van der Waals surface area contributed by atoms with Crippen molar-refractivity contribution < 1.29 is 9.47 Å². The summed E-state index contributed by atoms with van der Waals surface area (Å²) >= 11 is 18.8. The predicted octanol–water partition coefficient (Wildman–Crippen LogP) is 5.48. The first-order valence-corrected chi connectivity index (χ1v) is 7.83. The molecule has 0 aromatic heterocycles. The molecule has 5 heteroatoms. The zero-order valence-electron chi connectivity index (χ0n) is 11.1. The SMILES string of the molecule is Clc1ccc(C(Cl)c2cc3c(cc2Cl)OCCCO3)cc1. The van der Waals surface area contributed by atoms with E-state index in [2.05, 4.69) is 0 Å². The lowest BCUT2D eigenvalue weighted by Crippen LogP contribution is -1.98. The lowest BCUT2D eigenvalue weighted by molar-refractivity contribution is 0.297. The summed E-state index contributed by atoms with van der Waals surface area (Å²) in [6.07, 6.45) is 0.850. The van der Waals surface area contributed by atoms with Crippen LogP contribution in [0.4, 0.5) is 0 Å². The fourth-order valence-corrected chi connectivity index (χ4v) is 2.98. The molecule has 1 unspecified atom stereocenters. The van der Waals surface area contributed by atoms with E-state index in [1.54, 1.807) is 6.07 Å². The second-order valence-electron chi connectivity index (χ2n) is 4.79. The summed E-state index contributed by atoms with van der Waals surface area (Å²) in [5.41, 5.74) is 1.72. The molecule has 2 aromatic carbocycles. The van der Waals surface area contributed by atoms with Crippen molar-refractivity contribution in [2.45, 2.75) is 11.8 Å². The van der Waals surface area contributed by atoms with Gasteiger partial charge in [0.15, 0.2) is 11.5 Å². The molecule has 3 rings (SSSR count). The van der Waals surface area contributed by atoms with Gasteiger partial charge in [0.1, 0.15) is 0 Å². The van der Waals surface area contributed by atoms with Crippen LogP contribution in [0, 0.1) is 0 Å². The van der Waals surface area contributed by atoms with Crippen molar-refractivity contribution in [3.63, 3.8) is 0 Å². The van der Waals surface area contributed by atoms with E-state index in [9.17, 15) is 0 Å². The summed E-state index contributed by atoms with van der Waals surface area (Å²) in [6.45, 7) is 1.26. The highest BCUT2D eigenvalue weighted by atomic mass is 35.5. The molecule has 0 N–H and O–H groups in total. The highest BCUT2D eigenvalue weighted by Crippen LogP contribution is 2.41. The van der Waals surface area contributed by atoms with Crippen LogP contribution in [0.15, 0.2) is 36.4 Å². The van der Waals surface area contributed by atoms with Gasteiger partial charge in [-0.05, 0) is 29.3 Å². The van der Waals surface area contributed by atoms with Crippen LogP contribution in [-0.4, -0.2) is 13.2 Å². The first-order valence-electron chi connectivity index (χ1n) is 6.64. The average Bonchev–Trinajstić information content (AvgIpc) is 2.71. The summed E-state index contributed by atoms with van der Waals surface area (Å²) < 4.78 is 11.3. The Bertz CT molecular complexity index is 641. The van der Waals surface area contributed by atoms with Crippen molar-refractivity contribution >= 4 is 34.8 Å². The lowest BCUT2D eigenvalue weighted by atomic mass is 10.0. The number of rotatable bonds is 2. The third kappa shape index (κ3) is 3.23. The van der Waals surface area contributed by atoms with Crippen LogP contribution in [0.2, 0.25) is 10.0 Å². The van der Waals surface area contributed by atoms with E-state index in [0.29, 0.717) is 34.8 Å². The van der Waals surface area contributed by atoms with Crippen LogP contribution >= 0.6 is 34.8 Å². The van der Waals surface area contributed by atoms with E-state index in [4.69, 9.17) is 44.3 Å². The zero-order valence-corrected chi connectivity index (χ0v) is 13.4. The van der Waals surface area contributed by atoms with Crippen molar-refractivity contribution in [3.8, 4) is 11.5 Å². The van der Waals surface area contributed by atoms with Crippen molar-refractivity contribution in [3.05, 3.63) is 57.6 Å². The van der Waals surface area contributed by atoms with Gasteiger partial charge in [0.25, 0.3) is 0 Å². The molecule has 110 valence electrons. The second kappa shape index (κ2) is 6.35. The number of alkyl halides is 1. The van der Waals surface area contributed by atoms with Gasteiger partial charge in [-0.15, -0.1) is 11.6 Å². The maximum Gasteiger partial charge on any atom is 0.162 e. The minimum Gasteiger partial charge on any atom is -0.490 e. The van der Waals surface area contributed by atoms with Crippen molar-refractivity contribution in [1.82, 2.24) is 0 Å². The Balaban J connectivity index is 1.97. The number of ether oxygens (including phenoxy) is 2. The fraction of sp³-hybridized carbons (Fsp3) is 0.250. The van der Waals surface area contributed by atoms with Gasteiger partial charge in [0, 0.05) is 22.5 Å². The molecule has 0 fully saturated rings. The largest absolute Gasteiger partial charge is 0.490 e. The van der Waals surface area contributed by atoms with Crippen molar-refractivity contribution in [1.29, 1.82) is 0 Å². The van der Waals surface area contributed by atoms with E-state index < -0.39 is 0 Å². The minimum absolute atomic E-state index is 0.369. The molecule has 1 aliphatic rings. The third-order valence-corrected chi connectivity index (χ3v) is 4.37. The van der Waals surface area contributed by atoms with Gasteiger partial charge in [-0.3, -0.25) is 0 Å². The van der Waals surface area contributed by atoms with E-state index in [1.807, 2.05) is 30.3 Å². The molecule has 0 saturated heterocycles. The maximum atomic E-state index is 6.55. The highest BCUT2D eigenvalue weighted by molar-refractivity contribution is 6.33. The molecule has 2 aromatic rings. The molecular weight excluding hydrogens is 331 g/mol. The Morgan fingerprint density at radius 1 is 0.905 bits per heavy atom. The second-order valence-corrected chi connectivity index (χ2v) is 6.07. The zero-order chi connectivity index (χ0) is 14.8. The fourth-order valence-electron chi connectivity index (χ4n) is 2.21. The Labute approximate surface area is 138 Å². The molecule has 1 heterocycles. The molecule has 1 atom stereocenters. The molecule has 0 amide bonds. The smallest absolute Gasteiger partial charge is 0.162 e. The van der Waals surface area contributed by atoms with Gasteiger partial charge < -0.3 is 9.47 Å². The van der Waals surface area contributed by atoms with E-state index in [0.717, 1.165) is 17.5 Å². The molecule has 0 radical (unpaired) electrons. The van der Waals surface area contributed by atoms with Crippen LogP contribution in [0.1, 0.15) is 22.9 Å². The summed E-state index contributed by atoms with van der Waals surface area (Å²) in [5.74, 6) is 1.35.